The topological polar surface area (TPSA) is 51.7 Å². The van der Waals surface area contributed by atoms with Crippen molar-refractivity contribution >= 4 is 22.9 Å². The number of benzene rings is 2. The fourth-order valence-electron chi connectivity index (χ4n) is 3.74. The van der Waals surface area contributed by atoms with Gasteiger partial charge in [0, 0.05) is 19.8 Å². The fraction of sp³-hybridized carbons (Fsp3) is 0.435. The largest absolute Gasteiger partial charge is 0.378 e. The number of hydrogen-bond acceptors (Lipinski definition) is 4. The lowest BCUT2D eigenvalue weighted by atomic mass is 9.84. The van der Waals surface area contributed by atoms with E-state index in [0.717, 1.165) is 37.5 Å². The first-order valence-corrected chi connectivity index (χ1v) is 10.3. The van der Waals surface area contributed by atoms with E-state index >= 15 is 0 Å². The first-order valence-electron chi connectivity index (χ1n) is 10.3. The van der Waals surface area contributed by atoms with Gasteiger partial charge in [0.2, 0.25) is 0 Å². The van der Waals surface area contributed by atoms with Crippen molar-refractivity contribution in [2.75, 3.05) is 42.7 Å². The fourth-order valence-corrected chi connectivity index (χ4v) is 3.74. The van der Waals surface area contributed by atoms with Gasteiger partial charge in [-0.25, -0.2) is 0 Å². The number of hydrogen-bond donors (Lipinski definition) is 3. The van der Waals surface area contributed by atoms with Gasteiger partial charge in [0.1, 0.15) is 5.84 Å². The summed E-state index contributed by atoms with van der Waals surface area (Å²) in [5, 5.41) is 10.9. The standard InChI is InChI=1S/C21H27N5.C2H6/c1-26(2)17-9-7-16(8-10-17)15-23-20-21(11-13-22-14-12-21)25-19-6-4-3-5-18(19)24-20;1-2/h3-10,22,25H,11-15H2,1-2H3,(H,23,24);1-2H3. The average Bonchev–Trinajstić information content (AvgIpc) is 2.74. The molecule has 0 aromatic heterocycles. The molecule has 0 atom stereocenters. The molecule has 4 rings (SSSR count). The van der Waals surface area contributed by atoms with Crippen LogP contribution in [0.2, 0.25) is 0 Å². The Hall–Kier alpha value is -2.53. The Balaban J connectivity index is 0.00000109. The minimum atomic E-state index is -0.0941. The van der Waals surface area contributed by atoms with E-state index in [1.165, 1.54) is 16.9 Å². The van der Waals surface area contributed by atoms with E-state index in [4.69, 9.17) is 4.99 Å². The molecule has 5 heteroatoms. The van der Waals surface area contributed by atoms with Gasteiger partial charge in [0.05, 0.1) is 23.5 Å². The molecular formula is C23H33N5. The molecular weight excluding hydrogens is 346 g/mol. The van der Waals surface area contributed by atoms with E-state index in [9.17, 15) is 0 Å². The molecule has 0 amide bonds. The maximum absolute atomic E-state index is 5.01. The van der Waals surface area contributed by atoms with Crippen LogP contribution in [0, 0.1) is 0 Å². The molecule has 3 N–H and O–H groups in total. The van der Waals surface area contributed by atoms with Gasteiger partial charge in [-0.3, -0.25) is 4.99 Å². The Morgan fingerprint density at radius 2 is 1.57 bits per heavy atom. The van der Waals surface area contributed by atoms with E-state index in [0.29, 0.717) is 6.54 Å². The van der Waals surface area contributed by atoms with Gasteiger partial charge in [0.15, 0.2) is 0 Å². The number of rotatable bonds is 3. The molecule has 1 spiro atoms. The Bertz CT molecular complexity index is 789. The third kappa shape index (κ3) is 4.30. The normalized spacial score (nSPS) is 18.4. The van der Waals surface area contributed by atoms with Gasteiger partial charge < -0.3 is 20.9 Å². The summed E-state index contributed by atoms with van der Waals surface area (Å²) >= 11 is 0. The molecule has 2 aromatic rings. The molecule has 2 aliphatic heterocycles. The smallest absolute Gasteiger partial charge is 0.127 e. The Kier molecular flexibility index (Phi) is 6.57. The van der Waals surface area contributed by atoms with Crippen LogP contribution < -0.4 is 20.9 Å². The highest BCUT2D eigenvalue weighted by Gasteiger charge is 2.40. The molecule has 5 nitrogen and oxygen atoms in total. The van der Waals surface area contributed by atoms with Crippen LogP contribution in [0.5, 0.6) is 0 Å². The summed E-state index contributed by atoms with van der Waals surface area (Å²) in [5.74, 6) is 1.06. The predicted molar refractivity (Wildman–Crippen MR) is 122 cm³/mol. The van der Waals surface area contributed by atoms with E-state index in [2.05, 4.69) is 83.5 Å². The summed E-state index contributed by atoms with van der Waals surface area (Å²) in [7, 11) is 4.12. The molecule has 2 aliphatic rings. The summed E-state index contributed by atoms with van der Waals surface area (Å²) in [4.78, 5) is 7.12. The van der Waals surface area contributed by atoms with Crippen molar-refractivity contribution in [3.05, 3.63) is 54.1 Å². The van der Waals surface area contributed by atoms with Gasteiger partial charge in [-0.2, -0.15) is 0 Å². The van der Waals surface area contributed by atoms with Crippen molar-refractivity contribution < 1.29 is 0 Å². The van der Waals surface area contributed by atoms with Crippen LogP contribution in [0.1, 0.15) is 32.3 Å². The minimum Gasteiger partial charge on any atom is -0.378 e. The molecule has 0 aliphatic carbocycles. The van der Waals surface area contributed by atoms with E-state index in [1.54, 1.807) is 0 Å². The number of anilines is 3. The first-order chi connectivity index (χ1) is 13.7. The predicted octanol–water partition coefficient (Wildman–Crippen LogP) is 4.34. The molecule has 0 radical (unpaired) electrons. The van der Waals surface area contributed by atoms with Crippen molar-refractivity contribution in [1.82, 2.24) is 5.32 Å². The third-order valence-corrected chi connectivity index (χ3v) is 5.34. The second-order valence-electron chi connectivity index (χ2n) is 7.35. The Morgan fingerprint density at radius 1 is 0.929 bits per heavy atom. The number of piperidine rings is 1. The minimum absolute atomic E-state index is 0.0941. The highest BCUT2D eigenvalue weighted by atomic mass is 15.2. The summed E-state index contributed by atoms with van der Waals surface area (Å²) < 4.78 is 0. The number of fused-ring (bicyclic) bond motifs is 1. The van der Waals surface area contributed by atoms with Crippen LogP contribution in [0.4, 0.5) is 17.1 Å². The van der Waals surface area contributed by atoms with Crippen LogP contribution in [0.3, 0.4) is 0 Å². The van der Waals surface area contributed by atoms with Gasteiger partial charge in [-0.1, -0.05) is 38.1 Å². The van der Waals surface area contributed by atoms with Crippen molar-refractivity contribution in [3.8, 4) is 0 Å². The average molecular weight is 380 g/mol. The quantitative estimate of drug-likeness (QED) is 0.743. The first kappa shape index (κ1) is 20.2. The lowest BCUT2D eigenvalue weighted by molar-refractivity contribution is 0.419. The molecule has 2 aromatic carbocycles. The highest BCUT2D eigenvalue weighted by molar-refractivity contribution is 6.09. The molecule has 150 valence electrons. The van der Waals surface area contributed by atoms with Crippen LogP contribution in [-0.4, -0.2) is 38.6 Å². The zero-order valence-electron chi connectivity index (χ0n) is 17.5. The molecule has 0 saturated carbocycles. The highest BCUT2D eigenvalue weighted by Crippen LogP contribution is 2.35. The number of amidine groups is 1. The van der Waals surface area contributed by atoms with Crippen LogP contribution >= 0.6 is 0 Å². The van der Waals surface area contributed by atoms with Crippen molar-refractivity contribution in [1.29, 1.82) is 0 Å². The lowest BCUT2D eigenvalue weighted by Gasteiger charge is -2.44. The second-order valence-corrected chi connectivity index (χ2v) is 7.35. The molecule has 1 saturated heterocycles. The SMILES string of the molecule is CC.CN(C)c1ccc(CN=C2Nc3ccccc3NC23CCNCC3)cc1. The van der Waals surface area contributed by atoms with Crippen molar-refractivity contribution in [2.45, 2.75) is 38.8 Å². The second kappa shape index (κ2) is 9.11. The summed E-state index contributed by atoms with van der Waals surface area (Å²) in [6, 6.07) is 17.0. The van der Waals surface area contributed by atoms with Gasteiger partial charge in [-0.15, -0.1) is 0 Å². The monoisotopic (exact) mass is 379 g/mol. The van der Waals surface area contributed by atoms with Crippen LogP contribution in [0.25, 0.3) is 0 Å². The summed E-state index contributed by atoms with van der Waals surface area (Å²) in [5.41, 5.74) is 4.63. The van der Waals surface area contributed by atoms with E-state index in [1.807, 2.05) is 13.8 Å². The Labute approximate surface area is 169 Å². The molecule has 28 heavy (non-hydrogen) atoms. The molecule has 2 heterocycles. The Morgan fingerprint density at radius 3 is 2.21 bits per heavy atom. The van der Waals surface area contributed by atoms with Crippen LogP contribution in [0.15, 0.2) is 53.5 Å². The number of nitrogens with one attached hydrogen (secondary N) is 3. The van der Waals surface area contributed by atoms with Crippen molar-refractivity contribution in [3.63, 3.8) is 0 Å². The number of para-hydroxylation sites is 2. The van der Waals surface area contributed by atoms with Crippen molar-refractivity contribution in [2.24, 2.45) is 4.99 Å². The maximum atomic E-state index is 5.01. The van der Waals surface area contributed by atoms with Crippen LogP contribution in [-0.2, 0) is 6.54 Å². The summed E-state index contributed by atoms with van der Waals surface area (Å²) in [6.45, 7) is 6.70. The zero-order valence-corrected chi connectivity index (χ0v) is 17.5. The van der Waals surface area contributed by atoms with Gasteiger partial charge in [-0.05, 0) is 55.8 Å². The maximum Gasteiger partial charge on any atom is 0.127 e. The van der Waals surface area contributed by atoms with E-state index in [-0.39, 0.29) is 5.54 Å². The number of aliphatic imine (C=N–C) groups is 1. The third-order valence-electron chi connectivity index (χ3n) is 5.34. The zero-order chi connectivity index (χ0) is 20.0. The molecule has 0 unspecified atom stereocenters. The lowest BCUT2D eigenvalue weighted by Crippen LogP contribution is -2.57. The van der Waals surface area contributed by atoms with E-state index < -0.39 is 0 Å². The molecule has 0 bridgehead atoms. The van der Waals surface area contributed by atoms with Gasteiger partial charge in [0.25, 0.3) is 0 Å². The van der Waals surface area contributed by atoms with Gasteiger partial charge >= 0.3 is 0 Å². The number of nitrogens with zero attached hydrogens (tertiary/aromatic N) is 2. The summed E-state index contributed by atoms with van der Waals surface area (Å²) in [6.07, 6.45) is 2.07. The molecule has 1 fully saturated rings.